The first-order chi connectivity index (χ1) is 73.0. The van der Waals surface area contributed by atoms with Crippen LogP contribution in [0.15, 0.2) is 511 Å². The number of para-hydroxylation sites is 6. The van der Waals surface area contributed by atoms with Gasteiger partial charge in [0.15, 0.2) is 17.5 Å². The van der Waals surface area contributed by atoms with Crippen LogP contribution in [0.2, 0.25) is 0 Å². The second-order valence-corrected chi connectivity index (χ2v) is 39.0. The zero-order chi connectivity index (χ0) is 98.0. The van der Waals surface area contributed by atoms with Crippen LogP contribution in [-0.2, 0) is 5.41 Å². The smallest absolute Gasteiger partial charge is 0.160 e. The van der Waals surface area contributed by atoms with Crippen LogP contribution < -0.4 is 0 Å². The molecule has 1 aliphatic rings. The lowest BCUT2D eigenvalue weighted by Gasteiger charge is -2.21. The molecule has 1 aliphatic carbocycles. The van der Waals surface area contributed by atoms with Gasteiger partial charge < -0.3 is 13.3 Å². The summed E-state index contributed by atoms with van der Waals surface area (Å²) >= 11 is 0. The second-order valence-electron chi connectivity index (χ2n) is 39.0. The third kappa shape index (κ3) is 15.3. The SMILES string of the molecule is CC1(C)c2ccccc2-c2ccc(-c3nc(-c4ccc(-c5ccc6c(ccc7c8ccccc8oc67)c5)cc4)c4ccccc4n3)cc21.c1ccc(-c2cc(-c3ccccc3)cc(-c3nc(-c4ccc(-c5ccc6c(ccc7c8ccccc8oc67)c5)cc4)c4ccccc4n3)c2)cc1.c1ccc2cc(-c3ccc(-c4nc(-c5ccc(-c6ccc7c(ccc8c9ccccc9oc78)c6)cc5)c5ccccc5n4)cc3)ccc2c1. The number of aromatic nitrogens is 6. The highest BCUT2D eigenvalue weighted by Crippen LogP contribution is 2.51. The Morgan fingerprint density at radius 1 is 0.155 bits per heavy atom. The van der Waals surface area contributed by atoms with Gasteiger partial charge in [-0.25, -0.2) is 29.9 Å². The maximum absolute atomic E-state index is 6.30. The summed E-state index contributed by atoms with van der Waals surface area (Å²) in [5.41, 5.74) is 36.4. The molecule has 0 aliphatic heterocycles. The molecule has 0 spiro atoms. The molecule has 9 heteroatoms. The summed E-state index contributed by atoms with van der Waals surface area (Å²) in [4.78, 5) is 30.8. The van der Waals surface area contributed by atoms with Gasteiger partial charge in [0.2, 0.25) is 0 Å². The maximum Gasteiger partial charge on any atom is 0.160 e. The molecule has 0 saturated carbocycles. The fourth-order valence-corrected chi connectivity index (χ4v) is 22.2. The number of hydrogen-bond donors (Lipinski definition) is 0. The van der Waals surface area contributed by atoms with Gasteiger partial charge in [0.1, 0.15) is 33.5 Å². The van der Waals surface area contributed by atoms with Gasteiger partial charge in [-0.3, -0.25) is 0 Å². The quantitative estimate of drug-likeness (QED) is 0.118. The van der Waals surface area contributed by atoms with Gasteiger partial charge in [0.25, 0.3) is 0 Å². The van der Waals surface area contributed by atoms with Crippen molar-refractivity contribution in [1.29, 1.82) is 0 Å². The van der Waals surface area contributed by atoms with Gasteiger partial charge in [-0.1, -0.05) is 390 Å². The van der Waals surface area contributed by atoms with E-state index in [9.17, 15) is 0 Å². The van der Waals surface area contributed by atoms with Crippen LogP contribution in [-0.4, -0.2) is 29.9 Å². The standard InChI is InChI=1S/C48H30N2O.C46H28N2O.C45H30N2O/c1-3-11-31(12-4-1)37-28-38(32-13-5-2-6-14-32)30-39(29-37)48-49-44-17-9-7-16-43(44)46(50-48)34-21-19-33(20-22-34)35-23-25-40-36(27-35)24-26-42-41-15-8-10-18-45(41)51-47(40)42;1-2-8-34-27-35(22-17-29(34)7-1)31-15-20-33(21-16-31)46-47-42-11-5-3-10-41(42)44(48-46)32-18-13-30(14-19-32)36-23-25-38-37(28-36)24-26-40-39-9-4-6-12-43(39)49-45(38)40;1-45(2)38-12-6-3-9-33(38)34-23-21-31(26-39(34)45)44-46-40-13-7-4-11-37(40)42(47-44)28-17-15-27(16-18-28)29-19-22-32-30(25-29)20-24-36-35-10-5-8-14-41(35)48-43(32)36/h1-30H;1-28H;3-26H,1-2H3. The predicted molar refractivity (Wildman–Crippen MR) is 613 cm³/mol. The van der Waals surface area contributed by atoms with E-state index in [2.05, 4.69) is 457 Å². The third-order valence-electron chi connectivity index (χ3n) is 29.8. The molecule has 0 unspecified atom stereocenters. The minimum absolute atomic E-state index is 0.0850. The molecule has 6 aromatic heterocycles. The summed E-state index contributed by atoms with van der Waals surface area (Å²) in [5, 5.41) is 19.3. The molecule has 0 bridgehead atoms. The number of benzene rings is 23. The fourth-order valence-electron chi connectivity index (χ4n) is 22.2. The fraction of sp³-hybridized carbons (Fsp3) is 0.0216. The van der Waals surface area contributed by atoms with Gasteiger partial charge in [0, 0.05) is 103 Å². The Morgan fingerprint density at radius 3 is 0.865 bits per heavy atom. The van der Waals surface area contributed by atoms with Crippen molar-refractivity contribution in [3.8, 4) is 146 Å². The van der Waals surface area contributed by atoms with E-state index in [1.165, 1.54) is 49.7 Å². The van der Waals surface area contributed by atoms with Crippen molar-refractivity contribution < 1.29 is 13.3 Å². The molecule has 30 rings (SSSR count). The number of hydrogen-bond acceptors (Lipinski definition) is 9. The summed E-state index contributed by atoms with van der Waals surface area (Å²) in [7, 11) is 0. The molecule has 9 nitrogen and oxygen atoms in total. The highest BCUT2D eigenvalue weighted by Gasteiger charge is 2.36. The van der Waals surface area contributed by atoms with Crippen LogP contribution in [0.1, 0.15) is 25.0 Å². The summed E-state index contributed by atoms with van der Waals surface area (Å²) < 4.78 is 18.9. The monoisotopic (exact) mass is 1890 g/mol. The number of furan rings is 3. The summed E-state index contributed by atoms with van der Waals surface area (Å²) in [5.74, 6) is 2.16. The van der Waals surface area contributed by atoms with Crippen molar-refractivity contribution in [2.24, 2.45) is 0 Å². The third-order valence-corrected chi connectivity index (χ3v) is 29.8. The van der Waals surface area contributed by atoms with E-state index in [1.807, 2.05) is 54.6 Å². The minimum atomic E-state index is -0.0850. The zero-order valence-corrected chi connectivity index (χ0v) is 80.8. The lowest BCUT2D eigenvalue weighted by Crippen LogP contribution is -2.15. The number of rotatable bonds is 12. The number of fused-ring (bicyclic) bond motifs is 22. The zero-order valence-electron chi connectivity index (χ0n) is 80.8. The van der Waals surface area contributed by atoms with Crippen molar-refractivity contribution in [1.82, 2.24) is 29.9 Å². The van der Waals surface area contributed by atoms with Crippen molar-refractivity contribution >= 4 is 142 Å². The Labute approximate surface area is 852 Å². The first kappa shape index (κ1) is 86.4. The molecule has 0 radical (unpaired) electrons. The van der Waals surface area contributed by atoms with Gasteiger partial charge >= 0.3 is 0 Å². The molecule has 0 atom stereocenters. The summed E-state index contributed by atoms with van der Waals surface area (Å²) in [6.45, 7) is 4.62. The summed E-state index contributed by atoms with van der Waals surface area (Å²) in [6, 6.07) is 176. The topological polar surface area (TPSA) is 117 Å². The average molecular weight is 1890 g/mol. The molecule has 0 fully saturated rings. The molecular weight excluding hydrogens is 1800 g/mol. The van der Waals surface area contributed by atoms with Crippen LogP contribution in [0.3, 0.4) is 0 Å². The van der Waals surface area contributed by atoms with E-state index in [0.717, 1.165) is 237 Å². The minimum Gasteiger partial charge on any atom is -0.455 e. The summed E-state index contributed by atoms with van der Waals surface area (Å²) in [6.07, 6.45) is 0. The van der Waals surface area contributed by atoms with Crippen LogP contribution >= 0.6 is 0 Å². The first-order valence-electron chi connectivity index (χ1n) is 50.3. The Balaban J connectivity index is 0.000000107. The molecule has 6 heterocycles. The Kier molecular flexibility index (Phi) is 20.8. The molecule has 692 valence electrons. The highest BCUT2D eigenvalue weighted by molar-refractivity contribution is 6.19. The van der Waals surface area contributed by atoms with Crippen molar-refractivity contribution in [2.45, 2.75) is 19.3 Å². The van der Waals surface area contributed by atoms with E-state index in [1.54, 1.807) is 0 Å². The lowest BCUT2D eigenvalue weighted by molar-refractivity contribution is 0.660. The molecule has 0 N–H and O–H groups in total. The first-order valence-corrected chi connectivity index (χ1v) is 50.3. The van der Waals surface area contributed by atoms with Crippen LogP contribution in [0.5, 0.6) is 0 Å². The molecular formula is C139H88N6O3. The molecule has 0 amide bonds. The van der Waals surface area contributed by atoms with Gasteiger partial charge in [-0.15, -0.1) is 0 Å². The highest BCUT2D eigenvalue weighted by atomic mass is 16.3. The van der Waals surface area contributed by atoms with Gasteiger partial charge in [0.05, 0.1) is 33.6 Å². The predicted octanol–water partition coefficient (Wildman–Crippen LogP) is 37.5. The maximum atomic E-state index is 6.30. The van der Waals surface area contributed by atoms with Gasteiger partial charge in [-0.2, -0.15) is 0 Å². The Hall–Kier alpha value is -19.5. The van der Waals surface area contributed by atoms with Crippen LogP contribution in [0.25, 0.3) is 287 Å². The van der Waals surface area contributed by atoms with E-state index >= 15 is 0 Å². The van der Waals surface area contributed by atoms with Crippen LogP contribution in [0, 0.1) is 0 Å². The van der Waals surface area contributed by atoms with Crippen LogP contribution in [0.4, 0.5) is 0 Å². The van der Waals surface area contributed by atoms with E-state index in [-0.39, 0.29) is 5.41 Å². The Morgan fingerprint density at radius 2 is 0.439 bits per heavy atom. The van der Waals surface area contributed by atoms with Crippen molar-refractivity contribution in [2.75, 3.05) is 0 Å². The van der Waals surface area contributed by atoms with E-state index < -0.39 is 0 Å². The van der Waals surface area contributed by atoms with Crippen molar-refractivity contribution in [3.05, 3.63) is 509 Å². The lowest BCUT2D eigenvalue weighted by atomic mass is 9.82. The largest absolute Gasteiger partial charge is 0.455 e. The van der Waals surface area contributed by atoms with Gasteiger partial charge in [-0.05, 0) is 237 Å². The molecule has 29 aromatic rings. The average Bonchev–Trinajstić information content (AvgIpc) is 1.57. The van der Waals surface area contributed by atoms with Crippen molar-refractivity contribution in [3.63, 3.8) is 0 Å². The number of nitrogens with zero attached hydrogens (tertiary/aromatic N) is 6. The molecule has 148 heavy (non-hydrogen) atoms. The molecule has 23 aromatic carbocycles. The Bertz CT molecular complexity index is 10300. The van der Waals surface area contributed by atoms with E-state index in [4.69, 9.17) is 43.2 Å². The molecule has 0 saturated heterocycles. The normalized spacial score (nSPS) is 12.2. The van der Waals surface area contributed by atoms with E-state index in [0.29, 0.717) is 11.6 Å². The second kappa shape index (κ2) is 35.6.